The van der Waals surface area contributed by atoms with Gasteiger partial charge in [-0.25, -0.2) is 0 Å². The summed E-state index contributed by atoms with van der Waals surface area (Å²) in [4.78, 5) is 26.7. The molecule has 0 bridgehead atoms. The molecule has 1 aliphatic heterocycles. The van der Waals surface area contributed by atoms with Crippen LogP contribution in [0.3, 0.4) is 0 Å². The Morgan fingerprint density at radius 2 is 1.67 bits per heavy atom. The van der Waals surface area contributed by atoms with Gasteiger partial charge in [-0.2, -0.15) is 0 Å². The van der Waals surface area contributed by atoms with E-state index >= 15 is 0 Å². The van der Waals surface area contributed by atoms with Crippen molar-refractivity contribution in [3.05, 3.63) is 82.2 Å². The lowest BCUT2D eigenvalue weighted by atomic mass is 10.2. The number of nitrogens with one attached hydrogen (secondary N) is 1. The fraction of sp³-hybridized carbons (Fsp3) is 0.217. The van der Waals surface area contributed by atoms with Gasteiger partial charge in [-0.05, 0) is 73.5 Å². The summed E-state index contributed by atoms with van der Waals surface area (Å²) in [6.45, 7) is 1.84. The van der Waals surface area contributed by atoms with E-state index in [1.807, 2.05) is 29.2 Å². The number of halogens is 1. The van der Waals surface area contributed by atoms with Gasteiger partial charge in [0.15, 0.2) is 5.76 Å². The second-order valence-corrected chi connectivity index (χ2v) is 7.96. The Hall–Kier alpha value is -3.06. The zero-order chi connectivity index (χ0) is 20.9. The van der Waals surface area contributed by atoms with Crippen LogP contribution in [0.25, 0.3) is 0 Å². The molecule has 2 amide bonds. The molecular formula is C23H21BrN2O4. The smallest absolute Gasteiger partial charge is 0.291 e. The Balaban J connectivity index is 1.32. The van der Waals surface area contributed by atoms with Crippen LogP contribution in [0.1, 0.15) is 39.5 Å². The average molecular weight is 469 g/mol. The highest BCUT2D eigenvalue weighted by atomic mass is 79.9. The van der Waals surface area contributed by atoms with E-state index in [0.717, 1.165) is 30.4 Å². The number of carbonyl (C=O) groups is 2. The van der Waals surface area contributed by atoms with Crippen LogP contribution < -0.4 is 10.1 Å². The van der Waals surface area contributed by atoms with E-state index < -0.39 is 0 Å². The highest BCUT2D eigenvalue weighted by Gasteiger charge is 2.19. The van der Waals surface area contributed by atoms with E-state index in [9.17, 15) is 9.59 Å². The van der Waals surface area contributed by atoms with Gasteiger partial charge in [-0.3, -0.25) is 9.59 Å². The fourth-order valence-electron chi connectivity index (χ4n) is 3.25. The van der Waals surface area contributed by atoms with E-state index in [0.29, 0.717) is 22.8 Å². The molecule has 3 aromatic rings. The molecular weight excluding hydrogens is 448 g/mol. The molecule has 1 aromatic heterocycles. The molecule has 1 fully saturated rings. The van der Waals surface area contributed by atoms with Gasteiger partial charge in [0.1, 0.15) is 18.1 Å². The SMILES string of the molecule is O=C(Nc1ccc(C(=O)N2CCCC2)cc1)c1ccc(COc2ccc(Br)cc2)o1. The van der Waals surface area contributed by atoms with Crippen LogP contribution in [0, 0.1) is 0 Å². The zero-order valence-corrected chi connectivity index (χ0v) is 17.9. The summed E-state index contributed by atoms with van der Waals surface area (Å²) in [6.07, 6.45) is 2.11. The number of ether oxygens (including phenoxy) is 1. The monoisotopic (exact) mass is 468 g/mol. The second-order valence-electron chi connectivity index (χ2n) is 7.04. The zero-order valence-electron chi connectivity index (χ0n) is 16.3. The number of hydrogen-bond acceptors (Lipinski definition) is 4. The first-order valence-corrected chi connectivity index (χ1v) is 10.6. The Morgan fingerprint density at radius 3 is 2.37 bits per heavy atom. The number of rotatable bonds is 6. The van der Waals surface area contributed by atoms with Crippen LogP contribution in [0.4, 0.5) is 5.69 Å². The summed E-state index contributed by atoms with van der Waals surface area (Å²) in [7, 11) is 0. The molecule has 154 valence electrons. The van der Waals surface area contributed by atoms with Gasteiger partial charge >= 0.3 is 0 Å². The summed E-state index contributed by atoms with van der Waals surface area (Å²) >= 11 is 3.38. The van der Waals surface area contributed by atoms with Gasteiger partial charge in [0.05, 0.1) is 0 Å². The first-order valence-electron chi connectivity index (χ1n) is 9.76. The molecule has 0 spiro atoms. The maximum Gasteiger partial charge on any atom is 0.291 e. The third kappa shape index (κ3) is 4.91. The molecule has 0 saturated carbocycles. The maximum absolute atomic E-state index is 12.4. The van der Waals surface area contributed by atoms with Crippen LogP contribution in [0.2, 0.25) is 0 Å². The first kappa shape index (κ1) is 20.2. The third-order valence-corrected chi connectivity index (χ3v) is 5.39. The molecule has 0 aliphatic carbocycles. The van der Waals surface area contributed by atoms with Crippen molar-refractivity contribution in [2.75, 3.05) is 18.4 Å². The highest BCUT2D eigenvalue weighted by Crippen LogP contribution is 2.19. The molecule has 0 unspecified atom stereocenters. The molecule has 6 nitrogen and oxygen atoms in total. The number of furan rings is 1. The van der Waals surface area contributed by atoms with Crippen LogP contribution >= 0.6 is 15.9 Å². The molecule has 30 heavy (non-hydrogen) atoms. The maximum atomic E-state index is 12.4. The topological polar surface area (TPSA) is 71.8 Å². The molecule has 7 heteroatoms. The molecule has 2 heterocycles. The molecule has 1 saturated heterocycles. The Morgan fingerprint density at radius 1 is 0.967 bits per heavy atom. The standard InChI is InChI=1S/C23H21BrN2O4/c24-17-5-9-19(10-6-17)29-15-20-11-12-21(30-20)22(27)25-18-7-3-16(4-8-18)23(28)26-13-1-2-14-26/h3-12H,1-2,13-15H2,(H,25,27). The summed E-state index contributed by atoms with van der Waals surface area (Å²) in [6, 6.07) is 17.7. The van der Waals surface area contributed by atoms with E-state index in [2.05, 4.69) is 21.2 Å². The second kappa shape index (κ2) is 9.17. The van der Waals surface area contributed by atoms with Gasteiger partial charge < -0.3 is 19.4 Å². The van der Waals surface area contributed by atoms with E-state index in [-0.39, 0.29) is 24.2 Å². The number of amides is 2. The van der Waals surface area contributed by atoms with E-state index in [1.54, 1.807) is 36.4 Å². The number of anilines is 1. The minimum atomic E-state index is -0.358. The van der Waals surface area contributed by atoms with Crippen molar-refractivity contribution in [1.29, 1.82) is 0 Å². The van der Waals surface area contributed by atoms with Gasteiger partial charge in [0.2, 0.25) is 0 Å². The van der Waals surface area contributed by atoms with Crippen molar-refractivity contribution >= 4 is 33.4 Å². The summed E-state index contributed by atoms with van der Waals surface area (Å²) in [5.41, 5.74) is 1.22. The van der Waals surface area contributed by atoms with E-state index in [1.165, 1.54) is 0 Å². The number of benzene rings is 2. The predicted molar refractivity (Wildman–Crippen MR) is 117 cm³/mol. The number of hydrogen-bond donors (Lipinski definition) is 1. The number of likely N-dealkylation sites (tertiary alicyclic amines) is 1. The molecule has 1 aliphatic rings. The molecule has 0 radical (unpaired) electrons. The number of carbonyl (C=O) groups excluding carboxylic acids is 2. The normalized spacial score (nSPS) is 13.3. The Bertz CT molecular complexity index is 1020. The minimum absolute atomic E-state index is 0.0341. The molecule has 0 atom stereocenters. The molecule has 2 aromatic carbocycles. The van der Waals surface area contributed by atoms with Crippen LogP contribution in [0.5, 0.6) is 5.75 Å². The summed E-state index contributed by atoms with van der Waals surface area (Å²) < 4.78 is 12.2. The van der Waals surface area contributed by atoms with Crippen molar-refractivity contribution in [2.24, 2.45) is 0 Å². The van der Waals surface area contributed by atoms with Crippen molar-refractivity contribution in [3.8, 4) is 5.75 Å². The lowest BCUT2D eigenvalue weighted by molar-refractivity contribution is 0.0792. The quantitative estimate of drug-likeness (QED) is 0.545. The lowest BCUT2D eigenvalue weighted by Crippen LogP contribution is -2.27. The lowest BCUT2D eigenvalue weighted by Gasteiger charge is -2.15. The highest BCUT2D eigenvalue weighted by molar-refractivity contribution is 9.10. The number of nitrogens with zero attached hydrogens (tertiary/aromatic N) is 1. The Kier molecular flexibility index (Phi) is 6.18. The predicted octanol–water partition coefficient (Wildman–Crippen LogP) is 5.11. The van der Waals surface area contributed by atoms with Gasteiger partial charge in [0, 0.05) is 28.8 Å². The summed E-state index contributed by atoms with van der Waals surface area (Å²) in [5.74, 6) is 1.13. The van der Waals surface area contributed by atoms with Crippen molar-refractivity contribution < 1.29 is 18.7 Å². The van der Waals surface area contributed by atoms with Gasteiger partial charge in [-0.1, -0.05) is 15.9 Å². The fourth-order valence-corrected chi connectivity index (χ4v) is 3.52. The third-order valence-electron chi connectivity index (χ3n) is 4.86. The van der Waals surface area contributed by atoms with Crippen LogP contribution in [0.15, 0.2) is 69.6 Å². The van der Waals surface area contributed by atoms with Crippen LogP contribution in [-0.4, -0.2) is 29.8 Å². The Labute approximate surface area is 183 Å². The molecule has 4 rings (SSSR count). The average Bonchev–Trinajstić information content (AvgIpc) is 3.46. The first-order chi connectivity index (χ1) is 14.6. The van der Waals surface area contributed by atoms with Crippen molar-refractivity contribution in [3.63, 3.8) is 0 Å². The van der Waals surface area contributed by atoms with Gasteiger partial charge in [-0.15, -0.1) is 0 Å². The minimum Gasteiger partial charge on any atom is -0.486 e. The van der Waals surface area contributed by atoms with Gasteiger partial charge in [0.25, 0.3) is 11.8 Å². The van der Waals surface area contributed by atoms with E-state index in [4.69, 9.17) is 9.15 Å². The van der Waals surface area contributed by atoms with Crippen LogP contribution in [-0.2, 0) is 6.61 Å². The largest absolute Gasteiger partial charge is 0.486 e. The van der Waals surface area contributed by atoms with Crippen molar-refractivity contribution in [2.45, 2.75) is 19.4 Å². The summed E-state index contributed by atoms with van der Waals surface area (Å²) in [5, 5.41) is 2.78. The van der Waals surface area contributed by atoms with Crippen molar-refractivity contribution in [1.82, 2.24) is 4.90 Å². The molecule has 1 N–H and O–H groups in total.